The third-order valence-electron chi connectivity index (χ3n) is 0.685. The minimum atomic E-state index is -3.15. The normalized spacial score (nSPS) is 16.4. The maximum absolute atomic E-state index is 10.3. The van der Waals surface area contributed by atoms with Crippen LogP contribution in [0.2, 0.25) is 0 Å². The van der Waals surface area contributed by atoms with Crippen molar-refractivity contribution in [1.82, 2.24) is 0 Å². The summed E-state index contributed by atoms with van der Waals surface area (Å²) in [6.45, 7) is 1.60. The Morgan fingerprint density at radius 1 is 1.75 bits per heavy atom. The van der Waals surface area contributed by atoms with Gasteiger partial charge in [0.2, 0.25) is 0 Å². The van der Waals surface area contributed by atoms with Gasteiger partial charge in [-0.25, -0.2) is 0 Å². The molecule has 0 bridgehead atoms. The maximum Gasteiger partial charge on any atom is 0.327 e. The van der Waals surface area contributed by atoms with E-state index < -0.39 is 7.60 Å². The Hall–Kier alpha value is 0.773. The topological polar surface area (TPSA) is 46.5 Å². The van der Waals surface area contributed by atoms with Gasteiger partial charge in [0.25, 0.3) is 0 Å². The minimum absolute atomic E-state index is 0. The summed E-state index contributed by atoms with van der Waals surface area (Å²) in [5.41, 5.74) is 0. The second kappa shape index (κ2) is 4.63. The maximum atomic E-state index is 10.3. The zero-order chi connectivity index (χ0) is 5.91. The summed E-state index contributed by atoms with van der Waals surface area (Å²) in [4.78, 5) is 8.47. The van der Waals surface area contributed by atoms with Gasteiger partial charge < -0.3 is 9.42 Å². The van der Waals surface area contributed by atoms with Crippen molar-refractivity contribution in [1.29, 1.82) is 0 Å². The standard InChI is InChI=1S/C3H9O3P.Zn/c1-3-7(4,5)6-2;/h3H2,1-2H3,(H,4,5);. The van der Waals surface area contributed by atoms with Crippen molar-refractivity contribution in [2.24, 2.45) is 0 Å². The van der Waals surface area contributed by atoms with Gasteiger partial charge in [-0.15, -0.1) is 0 Å². The van der Waals surface area contributed by atoms with Crippen LogP contribution in [0.15, 0.2) is 0 Å². The Morgan fingerprint density at radius 3 is 2.12 bits per heavy atom. The third kappa shape index (κ3) is 4.92. The van der Waals surface area contributed by atoms with E-state index in [-0.39, 0.29) is 25.6 Å². The molecule has 0 aliphatic carbocycles. The van der Waals surface area contributed by atoms with Crippen molar-refractivity contribution in [3.05, 3.63) is 0 Å². The number of hydrogen-bond acceptors (Lipinski definition) is 2. The van der Waals surface area contributed by atoms with Crippen LogP contribution in [-0.2, 0) is 28.6 Å². The molecule has 0 radical (unpaired) electrons. The van der Waals surface area contributed by atoms with E-state index in [9.17, 15) is 4.57 Å². The van der Waals surface area contributed by atoms with Crippen molar-refractivity contribution in [3.8, 4) is 0 Å². The van der Waals surface area contributed by atoms with Crippen LogP contribution in [0, 0.1) is 0 Å². The molecule has 0 aromatic rings. The van der Waals surface area contributed by atoms with E-state index in [1.165, 1.54) is 7.11 Å². The summed E-state index contributed by atoms with van der Waals surface area (Å²) in [6.07, 6.45) is 0.184. The summed E-state index contributed by atoms with van der Waals surface area (Å²) in [5.74, 6) is 0. The van der Waals surface area contributed by atoms with Crippen LogP contribution in [0.3, 0.4) is 0 Å². The summed E-state index contributed by atoms with van der Waals surface area (Å²) >= 11 is 0. The molecule has 5 heteroatoms. The van der Waals surface area contributed by atoms with Crippen LogP contribution in [0.1, 0.15) is 6.92 Å². The average molecular weight is 189 g/mol. The second-order valence-electron chi connectivity index (χ2n) is 1.14. The molecule has 0 fully saturated rings. The first kappa shape index (κ1) is 11.6. The fourth-order valence-electron chi connectivity index (χ4n) is 0.129. The summed E-state index contributed by atoms with van der Waals surface area (Å²) < 4.78 is 14.5. The fraction of sp³-hybridized carbons (Fsp3) is 1.00. The Bertz CT molecular complexity index is 86.5. The smallest absolute Gasteiger partial charge is 0.324 e. The minimum Gasteiger partial charge on any atom is -0.324 e. The van der Waals surface area contributed by atoms with E-state index in [2.05, 4.69) is 4.52 Å². The molecule has 0 saturated carbocycles. The van der Waals surface area contributed by atoms with Gasteiger partial charge in [0.1, 0.15) is 0 Å². The molecule has 0 aromatic carbocycles. The first-order valence-electron chi connectivity index (χ1n) is 2.00. The van der Waals surface area contributed by atoms with Gasteiger partial charge in [0, 0.05) is 32.7 Å². The van der Waals surface area contributed by atoms with Crippen LogP contribution in [0.25, 0.3) is 0 Å². The van der Waals surface area contributed by atoms with Crippen LogP contribution in [0.4, 0.5) is 0 Å². The van der Waals surface area contributed by atoms with E-state index in [4.69, 9.17) is 4.89 Å². The van der Waals surface area contributed by atoms with Gasteiger partial charge >= 0.3 is 7.60 Å². The zero-order valence-electron chi connectivity index (χ0n) is 5.13. The second-order valence-corrected chi connectivity index (χ2v) is 3.41. The van der Waals surface area contributed by atoms with E-state index >= 15 is 0 Å². The van der Waals surface area contributed by atoms with Gasteiger partial charge in [0.15, 0.2) is 0 Å². The molecule has 0 aliphatic heterocycles. The van der Waals surface area contributed by atoms with E-state index in [1.807, 2.05) is 0 Å². The zero-order valence-corrected chi connectivity index (χ0v) is 8.99. The van der Waals surface area contributed by atoms with Gasteiger partial charge in [-0.1, -0.05) is 6.92 Å². The molecular formula is C3H9O3PZn. The first-order chi connectivity index (χ1) is 3.12. The Balaban J connectivity index is 0. The van der Waals surface area contributed by atoms with Gasteiger partial charge in [0.05, 0.1) is 0 Å². The van der Waals surface area contributed by atoms with Crippen LogP contribution < -0.4 is 0 Å². The predicted octanol–water partition coefficient (Wildman–Crippen LogP) is 0.836. The molecule has 1 atom stereocenters. The largest absolute Gasteiger partial charge is 0.327 e. The molecule has 3 nitrogen and oxygen atoms in total. The third-order valence-corrected chi connectivity index (χ3v) is 2.05. The molecule has 0 saturated heterocycles. The molecule has 46 valence electrons. The summed E-state index contributed by atoms with van der Waals surface area (Å²) in [6, 6.07) is 0. The van der Waals surface area contributed by atoms with E-state index in [0.29, 0.717) is 0 Å². The molecule has 0 spiro atoms. The molecule has 8 heavy (non-hydrogen) atoms. The SMILES string of the molecule is CCP(=O)(O)OC.[Zn]. The van der Waals surface area contributed by atoms with Crippen molar-refractivity contribution >= 4 is 7.60 Å². The Morgan fingerprint density at radius 2 is 2.12 bits per heavy atom. The van der Waals surface area contributed by atoms with Gasteiger partial charge in [-0.2, -0.15) is 0 Å². The monoisotopic (exact) mass is 188 g/mol. The van der Waals surface area contributed by atoms with Crippen molar-refractivity contribution in [3.63, 3.8) is 0 Å². The van der Waals surface area contributed by atoms with Crippen molar-refractivity contribution in [2.45, 2.75) is 6.92 Å². The van der Waals surface area contributed by atoms with Crippen LogP contribution in [-0.4, -0.2) is 18.2 Å². The first-order valence-corrected chi connectivity index (χ1v) is 3.76. The average Bonchev–Trinajstić information content (AvgIpc) is 1.68. The molecule has 0 amide bonds. The van der Waals surface area contributed by atoms with Crippen LogP contribution in [0.5, 0.6) is 0 Å². The molecule has 0 aromatic heterocycles. The molecule has 1 N–H and O–H groups in total. The predicted molar refractivity (Wildman–Crippen MR) is 27.4 cm³/mol. The summed E-state index contributed by atoms with van der Waals surface area (Å²) in [5, 5.41) is 0. The molecule has 0 rings (SSSR count). The van der Waals surface area contributed by atoms with Gasteiger partial charge in [-0.3, -0.25) is 4.57 Å². The number of rotatable bonds is 2. The van der Waals surface area contributed by atoms with E-state index in [0.717, 1.165) is 0 Å². The van der Waals surface area contributed by atoms with E-state index in [1.54, 1.807) is 6.92 Å². The van der Waals surface area contributed by atoms with Crippen molar-refractivity contribution in [2.75, 3.05) is 13.3 Å². The van der Waals surface area contributed by atoms with Gasteiger partial charge in [-0.05, 0) is 0 Å². The Labute approximate surface area is 61.7 Å². The molecule has 1 unspecified atom stereocenters. The Kier molecular flexibility index (Phi) is 6.69. The van der Waals surface area contributed by atoms with Crippen LogP contribution >= 0.6 is 7.60 Å². The van der Waals surface area contributed by atoms with Crippen molar-refractivity contribution < 1.29 is 33.5 Å². The molecule has 0 heterocycles. The molecule has 0 aliphatic rings. The fourth-order valence-corrected chi connectivity index (χ4v) is 0.387. The number of hydrogen-bond donors (Lipinski definition) is 1. The summed E-state index contributed by atoms with van der Waals surface area (Å²) in [7, 11) is -1.93. The molecular weight excluding hydrogens is 180 g/mol. The quantitative estimate of drug-likeness (QED) is 0.517.